The van der Waals surface area contributed by atoms with Crippen LogP contribution in [0.1, 0.15) is 13.8 Å². The van der Waals surface area contributed by atoms with Crippen LogP contribution in [0, 0.1) is 0 Å². The van der Waals surface area contributed by atoms with Gasteiger partial charge in [0.15, 0.2) is 11.5 Å². The molecule has 0 aliphatic carbocycles. The molecule has 0 bridgehead atoms. The van der Waals surface area contributed by atoms with Gasteiger partial charge in [0.05, 0.1) is 5.02 Å². The van der Waals surface area contributed by atoms with Crippen LogP contribution in [0.15, 0.2) is 22.7 Å². The molecule has 0 amide bonds. The Kier molecular flexibility index (Phi) is 2.22. The molecule has 0 saturated carbocycles. The largest absolute Gasteiger partial charge is 0.449 e. The second kappa shape index (κ2) is 3.55. The van der Waals surface area contributed by atoms with Crippen LogP contribution in [0.2, 0.25) is 5.02 Å². The molecular weight excluding hydrogens is 256 g/mol. The number of rotatable bonds is 1. The lowest BCUT2D eigenvalue weighted by atomic mass is 10.1. The summed E-state index contributed by atoms with van der Waals surface area (Å²) in [6.07, 6.45) is 0. The second-order valence-electron chi connectivity index (χ2n) is 4.50. The zero-order valence-electron chi connectivity index (χ0n) is 9.86. The van der Waals surface area contributed by atoms with Gasteiger partial charge in [0.2, 0.25) is 11.7 Å². The molecule has 0 fully saturated rings. The van der Waals surface area contributed by atoms with E-state index in [1.165, 1.54) is 0 Å². The number of nitrogen functional groups attached to an aromatic ring is 1. The number of fused-ring (bicyclic) bond motifs is 1. The van der Waals surface area contributed by atoms with E-state index >= 15 is 0 Å². The van der Waals surface area contributed by atoms with Crippen molar-refractivity contribution < 1.29 is 14.0 Å². The molecule has 2 aromatic rings. The SMILES string of the molecule is CC1(C)Oc2cc(-c3cc(N)on3)cc(Cl)c2O1. The van der Waals surface area contributed by atoms with E-state index < -0.39 is 5.79 Å². The van der Waals surface area contributed by atoms with Gasteiger partial charge in [0, 0.05) is 25.5 Å². The van der Waals surface area contributed by atoms with Crippen molar-refractivity contribution >= 4 is 17.5 Å². The Labute approximate surface area is 108 Å². The molecular formula is C12H11ClN2O3. The Morgan fingerprint density at radius 3 is 2.67 bits per heavy atom. The lowest BCUT2D eigenvalue weighted by Crippen LogP contribution is -2.29. The maximum Gasteiger partial charge on any atom is 0.246 e. The Balaban J connectivity index is 2.09. The Hall–Kier alpha value is -1.88. The Morgan fingerprint density at radius 2 is 2.00 bits per heavy atom. The first kappa shape index (κ1) is 11.2. The van der Waals surface area contributed by atoms with Crippen LogP contribution in [-0.2, 0) is 0 Å². The van der Waals surface area contributed by atoms with Crippen LogP contribution >= 0.6 is 11.6 Å². The molecule has 0 spiro atoms. The molecule has 0 atom stereocenters. The summed E-state index contributed by atoms with van der Waals surface area (Å²) in [7, 11) is 0. The number of ether oxygens (including phenoxy) is 2. The van der Waals surface area contributed by atoms with Gasteiger partial charge in [-0.2, -0.15) is 0 Å². The van der Waals surface area contributed by atoms with E-state index in [0.717, 1.165) is 5.56 Å². The summed E-state index contributed by atoms with van der Waals surface area (Å²) >= 11 is 6.16. The van der Waals surface area contributed by atoms with Gasteiger partial charge in [-0.15, -0.1) is 0 Å². The zero-order chi connectivity index (χ0) is 12.9. The highest BCUT2D eigenvalue weighted by Gasteiger charge is 2.34. The summed E-state index contributed by atoms with van der Waals surface area (Å²) in [5.74, 6) is 0.665. The van der Waals surface area contributed by atoms with Crippen molar-refractivity contribution in [2.24, 2.45) is 0 Å². The van der Waals surface area contributed by atoms with Gasteiger partial charge in [-0.3, -0.25) is 0 Å². The van der Waals surface area contributed by atoms with E-state index in [-0.39, 0.29) is 5.88 Å². The third kappa shape index (κ3) is 1.76. The normalized spacial score (nSPS) is 15.9. The van der Waals surface area contributed by atoms with E-state index in [1.807, 2.05) is 13.8 Å². The van der Waals surface area contributed by atoms with Crippen molar-refractivity contribution in [3.63, 3.8) is 0 Å². The fraction of sp³-hybridized carbons (Fsp3) is 0.250. The van der Waals surface area contributed by atoms with Crippen molar-refractivity contribution in [1.29, 1.82) is 0 Å². The molecule has 18 heavy (non-hydrogen) atoms. The molecule has 0 radical (unpaired) electrons. The zero-order valence-corrected chi connectivity index (χ0v) is 10.6. The summed E-state index contributed by atoms with van der Waals surface area (Å²) in [6, 6.07) is 5.16. The average Bonchev–Trinajstić information content (AvgIpc) is 2.81. The first-order valence-electron chi connectivity index (χ1n) is 5.39. The minimum atomic E-state index is -0.715. The van der Waals surface area contributed by atoms with E-state index in [0.29, 0.717) is 22.2 Å². The standard InChI is InChI=1S/C12H11ClN2O3/c1-12(2)16-9-4-6(3-7(13)11(9)17-12)8-5-10(14)18-15-8/h3-5H,14H2,1-2H3. The number of aromatic nitrogens is 1. The molecule has 3 rings (SSSR count). The molecule has 1 aliphatic rings. The van der Waals surface area contributed by atoms with Gasteiger partial charge in [-0.05, 0) is 12.1 Å². The third-order valence-corrected chi connectivity index (χ3v) is 2.82. The van der Waals surface area contributed by atoms with Gasteiger partial charge in [0.25, 0.3) is 0 Å². The average molecular weight is 267 g/mol. The molecule has 1 aromatic heterocycles. The Bertz CT molecular complexity index is 622. The molecule has 2 N–H and O–H groups in total. The van der Waals surface area contributed by atoms with Crippen LogP contribution in [-0.4, -0.2) is 10.9 Å². The maximum absolute atomic E-state index is 6.16. The highest BCUT2D eigenvalue weighted by molar-refractivity contribution is 6.32. The second-order valence-corrected chi connectivity index (χ2v) is 4.91. The van der Waals surface area contributed by atoms with Crippen LogP contribution in [0.25, 0.3) is 11.3 Å². The highest BCUT2D eigenvalue weighted by Crippen LogP contribution is 2.46. The molecule has 1 aliphatic heterocycles. The number of hydrogen-bond acceptors (Lipinski definition) is 5. The number of hydrogen-bond donors (Lipinski definition) is 1. The van der Waals surface area contributed by atoms with E-state index in [9.17, 15) is 0 Å². The minimum Gasteiger partial charge on any atom is -0.449 e. The van der Waals surface area contributed by atoms with Crippen molar-refractivity contribution in [2.75, 3.05) is 5.73 Å². The van der Waals surface area contributed by atoms with Gasteiger partial charge < -0.3 is 19.7 Å². The smallest absolute Gasteiger partial charge is 0.246 e. The summed E-state index contributed by atoms with van der Waals surface area (Å²) in [5, 5.41) is 4.30. The molecule has 5 nitrogen and oxygen atoms in total. The third-order valence-electron chi connectivity index (χ3n) is 2.54. The Morgan fingerprint density at radius 1 is 1.22 bits per heavy atom. The molecule has 0 unspecified atom stereocenters. The monoisotopic (exact) mass is 266 g/mol. The lowest BCUT2D eigenvalue weighted by Gasteiger charge is -2.16. The van der Waals surface area contributed by atoms with E-state index in [1.54, 1.807) is 18.2 Å². The number of nitrogens with zero attached hydrogens (tertiary/aromatic N) is 1. The van der Waals surface area contributed by atoms with Crippen molar-refractivity contribution in [3.8, 4) is 22.8 Å². The van der Waals surface area contributed by atoms with E-state index in [4.69, 9.17) is 31.3 Å². The predicted molar refractivity (Wildman–Crippen MR) is 66.7 cm³/mol. The number of nitrogens with two attached hydrogens (primary N) is 1. The number of benzene rings is 1. The van der Waals surface area contributed by atoms with Crippen LogP contribution in [0.5, 0.6) is 11.5 Å². The first-order chi connectivity index (χ1) is 8.44. The fourth-order valence-corrected chi connectivity index (χ4v) is 2.10. The van der Waals surface area contributed by atoms with Crippen LogP contribution < -0.4 is 15.2 Å². The quantitative estimate of drug-likeness (QED) is 0.859. The van der Waals surface area contributed by atoms with Crippen LogP contribution in [0.4, 0.5) is 5.88 Å². The number of anilines is 1. The summed E-state index contributed by atoms with van der Waals surface area (Å²) < 4.78 is 16.1. The van der Waals surface area contributed by atoms with Gasteiger partial charge in [-0.1, -0.05) is 16.8 Å². The minimum absolute atomic E-state index is 0.249. The van der Waals surface area contributed by atoms with Gasteiger partial charge >= 0.3 is 0 Å². The predicted octanol–water partition coefficient (Wildman–Crippen LogP) is 3.08. The molecule has 2 heterocycles. The molecule has 0 saturated heterocycles. The van der Waals surface area contributed by atoms with Crippen molar-refractivity contribution in [3.05, 3.63) is 23.2 Å². The summed E-state index contributed by atoms with van der Waals surface area (Å²) in [6.45, 7) is 3.63. The summed E-state index contributed by atoms with van der Waals surface area (Å²) in [5.41, 5.74) is 6.86. The van der Waals surface area contributed by atoms with Crippen molar-refractivity contribution in [1.82, 2.24) is 5.16 Å². The van der Waals surface area contributed by atoms with Gasteiger partial charge in [-0.25, -0.2) is 0 Å². The van der Waals surface area contributed by atoms with Gasteiger partial charge in [0.1, 0.15) is 5.69 Å². The van der Waals surface area contributed by atoms with Crippen molar-refractivity contribution in [2.45, 2.75) is 19.6 Å². The van der Waals surface area contributed by atoms with Crippen LogP contribution in [0.3, 0.4) is 0 Å². The van der Waals surface area contributed by atoms with E-state index in [2.05, 4.69) is 5.16 Å². The maximum atomic E-state index is 6.16. The lowest BCUT2D eigenvalue weighted by molar-refractivity contribution is -0.0431. The highest BCUT2D eigenvalue weighted by atomic mass is 35.5. The summed E-state index contributed by atoms with van der Waals surface area (Å²) in [4.78, 5) is 0. The molecule has 1 aromatic carbocycles. The molecule has 6 heteroatoms. The number of halogens is 1. The fourth-order valence-electron chi connectivity index (χ4n) is 1.85. The first-order valence-corrected chi connectivity index (χ1v) is 5.76. The molecule has 94 valence electrons. The topological polar surface area (TPSA) is 70.5 Å².